The number of imidazole rings is 1. The molecule has 3 nitrogen and oxygen atoms in total. The summed E-state index contributed by atoms with van der Waals surface area (Å²) in [5.74, 6) is 0.266. The third-order valence-corrected chi connectivity index (χ3v) is 2.30. The van der Waals surface area contributed by atoms with Gasteiger partial charge < -0.3 is 4.57 Å². The van der Waals surface area contributed by atoms with E-state index in [2.05, 4.69) is 9.97 Å². The Bertz CT molecular complexity index is 533. The highest BCUT2D eigenvalue weighted by molar-refractivity contribution is 6.29. The van der Waals surface area contributed by atoms with Crippen molar-refractivity contribution in [2.45, 2.75) is 19.6 Å². The van der Waals surface area contributed by atoms with Crippen LogP contribution in [0, 0.1) is 6.92 Å². The molecule has 0 N–H and O–H groups in total. The fourth-order valence-corrected chi connectivity index (χ4v) is 1.60. The Balaban J connectivity index is 2.58. The van der Waals surface area contributed by atoms with Crippen LogP contribution >= 0.6 is 11.6 Å². The zero-order chi connectivity index (χ0) is 11.9. The van der Waals surface area contributed by atoms with Gasteiger partial charge in [-0.3, -0.25) is 0 Å². The number of pyridine rings is 1. The zero-order valence-corrected chi connectivity index (χ0v) is 8.97. The van der Waals surface area contributed by atoms with Gasteiger partial charge in [-0.1, -0.05) is 11.6 Å². The predicted molar refractivity (Wildman–Crippen MR) is 53.3 cm³/mol. The Hall–Kier alpha value is -1.30. The van der Waals surface area contributed by atoms with Gasteiger partial charge in [-0.15, -0.1) is 0 Å². The van der Waals surface area contributed by atoms with E-state index in [1.54, 1.807) is 6.07 Å². The Morgan fingerprint density at radius 1 is 1.31 bits per heavy atom. The molecule has 0 saturated carbocycles. The lowest BCUT2D eigenvalue weighted by Gasteiger charge is -2.09. The summed E-state index contributed by atoms with van der Waals surface area (Å²) in [5, 5.41) is 0.149. The number of hydrogen-bond acceptors (Lipinski definition) is 2. The molecule has 0 saturated heterocycles. The topological polar surface area (TPSA) is 30.7 Å². The third kappa shape index (κ3) is 2.11. The van der Waals surface area contributed by atoms with E-state index in [-0.39, 0.29) is 16.6 Å². The van der Waals surface area contributed by atoms with Crippen molar-refractivity contribution in [3.63, 3.8) is 0 Å². The summed E-state index contributed by atoms with van der Waals surface area (Å²) in [5.41, 5.74) is 0.563. The van der Waals surface area contributed by atoms with Crippen molar-refractivity contribution in [1.29, 1.82) is 0 Å². The van der Waals surface area contributed by atoms with Crippen LogP contribution in [0.5, 0.6) is 0 Å². The first-order valence-corrected chi connectivity index (χ1v) is 4.81. The maximum Gasteiger partial charge on any atom is 0.406 e. The van der Waals surface area contributed by atoms with Crippen molar-refractivity contribution in [2.24, 2.45) is 0 Å². The number of aromatic nitrogens is 3. The summed E-state index contributed by atoms with van der Waals surface area (Å²) in [7, 11) is 0. The molecular weight excluding hydrogens is 243 g/mol. The van der Waals surface area contributed by atoms with Gasteiger partial charge in [0.15, 0.2) is 5.65 Å². The molecule has 2 aromatic heterocycles. The lowest BCUT2D eigenvalue weighted by molar-refractivity contribution is -0.140. The van der Waals surface area contributed by atoms with E-state index < -0.39 is 12.7 Å². The molecule has 2 aromatic rings. The van der Waals surface area contributed by atoms with E-state index >= 15 is 0 Å². The molecule has 0 aliphatic heterocycles. The molecule has 0 bridgehead atoms. The van der Waals surface area contributed by atoms with Crippen LogP contribution < -0.4 is 0 Å². The molecule has 7 heteroatoms. The molecule has 0 aliphatic carbocycles. The fraction of sp³-hybridized carbons (Fsp3) is 0.333. The van der Waals surface area contributed by atoms with Gasteiger partial charge in [-0.2, -0.15) is 13.2 Å². The molecular formula is C9H7ClF3N3. The van der Waals surface area contributed by atoms with Crippen LogP contribution in [0.3, 0.4) is 0 Å². The van der Waals surface area contributed by atoms with Crippen LogP contribution in [0.2, 0.25) is 5.15 Å². The maximum atomic E-state index is 12.3. The summed E-state index contributed by atoms with van der Waals surface area (Å²) in [6.07, 6.45) is -4.30. The average molecular weight is 250 g/mol. The van der Waals surface area contributed by atoms with Gasteiger partial charge in [0.05, 0.1) is 0 Å². The molecule has 86 valence electrons. The second-order valence-electron chi connectivity index (χ2n) is 3.34. The molecule has 0 atom stereocenters. The first-order valence-electron chi connectivity index (χ1n) is 4.43. The predicted octanol–water partition coefficient (Wildman–Crippen LogP) is 2.96. The largest absolute Gasteiger partial charge is 0.406 e. The molecule has 0 fully saturated rings. The standard InChI is InChI=1S/C9H7ClF3N3/c1-5-14-6-2-3-7(10)15-8(6)16(5)4-9(11,12)13/h2-3H,4H2,1H3. The number of aryl methyl sites for hydroxylation is 1. The van der Waals surface area contributed by atoms with E-state index in [4.69, 9.17) is 11.6 Å². The maximum absolute atomic E-state index is 12.3. The fourth-order valence-electron chi connectivity index (χ4n) is 1.46. The van der Waals surface area contributed by atoms with Crippen LogP contribution in [0.15, 0.2) is 12.1 Å². The quantitative estimate of drug-likeness (QED) is 0.728. The molecule has 16 heavy (non-hydrogen) atoms. The van der Waals surface area contributed by atoms with Gasteiger partial charge in [-0.05, 0) is 19.1 Å². The van der Waals surface area contributed by atoms with Crippen molar-refractivity contribution < 1.29 is 13.2 Å². The van der Waals surface area contributed by atoms with Crippen LogP contribution in [0.1, 0.15) is 5.82 Å². The lowest BCUT2D eigenvalue weighted by atomic mass is 10.4. The summed E-state index contributed by atoms with van der Waals surface area (Å²) < 4.78 is 38.0. The van der Waals surface area contributed by atoms with Crippen molar-refractivity contribution in [3.8, 4) is 0 Å². The van der Waals surface area contributed by atoms with Gasteiger partial charge >= 0.3 is 6.18 Å². The minimum Gasteiger partial charge on any atom is -0.304 e. The van der Waals surface area contributed by atoms with Crippen molar-refractivity contribution in [2.75, 3.05) is 0 Å². The number of halogens is 4. The second kappa shape index (κ2) is 3.62. The van der Waals surface area contributed by atoms with E-state index in [0.29, 0.717) is 5.52 Å². The first kappa shape index (κ1) is 11.2. The van der Waals surface area contributed by atoms with Gasteiger partial charge in [0.25, 0.3) is 0 Å². The highest BCUT2D eigenvalue weighted by Crippen LogP contribution is 2.23. The Kier molecular flexibility index (Phi) is 2.53. The van der Waals surface area contributed by atoms with Gasteiger partial charge in [0.2, 0.25) is 0 Å². The Morgan fingerprint density at radius 3 is 2.62 bits per heavy atom. The Labute approximate surface area is 93.9 Å². The number of nitrogens with zero attached hydrogens (tertiary/aromatic N) is 3. The molecule has 0 aromatic carbocycles. The highest BCUT2D eigenvalue weighted by atomic mass is 35.5. The van der Waals surface area contributed by atoms with E-state index in [0.717, 1.165) is 4.57 Å². The van der Waals surface area contributed by atoms with Crippen LogP contribution in [0.25, 0.3) is 11.2 Å². The third-order valence-electron chi connectivity index (χ3n) is 2.09. The van der Waals surface area contributed by atoms with E-state index in [9.17, 15) is 13.2 Å². The SMILES string of the molecule is Cc1nc2ccc(Cl)nc2n1CC(F)(F)F. The normalized spacial score (nSPS) is 12.3. The summed E-state index contributed by atoms with van der Waals surface area (Å²) >= 11 is 5.64. The van der Waals surface area contributed by atoms with E-state index in [1.807, 2.05) is 0 Å². The number of fused-ring (bicyclic) bond motifs is 1. The molecule has 2 rings (SSSR count). The van der Waals surface area contributed by atoms with E-state index in [1.165, 1.54) is 13.0 Å². The number of hydrogen-bond donors (Lipinski definition) is 0. The molecule has 2 heterocycles. The van der Waals surface area contributed by atoms with Crippen molar-refractivity contribution in [1.82, 2.24) is 14.5 Å². The van der Waals surface area contributed by atoms with Gasteiger partial charge in [0, 0.05) is 0 Å². The number of alkyl halides is 3. The first-order chi connectivity index (χ1) is 7.37. The minimum absolute atomic E-state index is 0.149. The highest BCUT2D eigenvalue weighted by Gasteiger charge is 2.29. The number of rotatable bonds is 1. The molecule has 0 radical (unpaired) electrons. The average Bonchev–Trinajstić information content (AvgIpc) is 2.42. The molecule has 0 aliphatic rings. The smallest absolute Gasteiger partial charge is 0.304 e. The molecule has 0 amide bonds. The van der Waals surface area contributed by atoms with Crippen molar-refractivity contribution in [3.05, 3.63) is 23.1 Å². The Morgan fingerprint density at radius 2 is 2.00 bits per heavy atom. The van der Waals surface area contributed by atoms with Crippen molar-refractivity contribution >= 4 is 22.8 Å². The summed E-state index contributed by atoms with van der Waals surface area (Å²) in [4.78, 5) is 7.83. The minimum atomic E-state index is -4.30. The van der Waals surface area contributed by atoms with Crippen LogP contribution in [0.4, 0.5) is 13.2 Å². The second-order valence-corrected chi connectivity index (χ2v) is 3.72. The lowest BCUT2D eigenvalue weighted by Crippen LogP contribution is -2.18. The monoisotopic (exact) mass is 249 g/mol. The van der Waals surface area contributed by atoms with Crippen LogP contribution in [-0.4, -0.2) is 20.7 Å². The van der Waals surface area contributed by atoms with Gasteiger partial charge in [-0.25, -0.2) is 9.97 Å². The van der Waals surface area contributed by atoms with Crippen LogP contribution in [-0.2, 0) is 6.54 Å². The summed E-state index contributed by atoms with van der Waals surface area (Å²) in [6, 6.07) is 3.04. The van der Waals surface area contributed by atoms with Gasteiger partial charge in [0.1, 0.15) is 23.0 Å². The zero-order valence-electron chi connectivity index (χ0n) is 8.22. The molecule has 0 spiro atoms. The molecule has 0 unspecified atom stereocenters. The summed E-state index contributed by atoms with van der Waals surface area (Å²) in [6.45, 7) is 0.393.